The number of methoxy groups -OCH3 is 1. The summed E-state index contributed by atoms with van der Waals surface area (Å²) in [7, 11) is 0.0584. The van der Waals surface area contributed by atoms with Crippen LogP contribution in [0.1, 0.15) is 56.4 Å². The van der Waals surface area contributed by atoms with Crippen LogP contribution in [0.2, 0.25) is 25.7 Å². The molecule has 3 atom stereocenters. The number of aliphatic hydroxyl groups is 1. The van der Waals surface area contributed by atoms with E-state index in [1.165, 1.54) is 23.9 Å². The van der Waals surface area contributed by atoms with Crippen molar-refractivity contribution < 1.29 is 41.7 Å². The second kappa shape index (κ2) is 14.0. The number of rotatable bonds is 10. The SMILES string of the molecule is COc1cc(-c2cc(C(=O)N3CC(C)C(C(=O)NC4CCC(O)(C(F)(F)F)CC4)CC3C)nn2COCC[Si](C)(C)C)c(F)cn1. The maximum absolute atomic E-state index is 15.0. The number of pyridine rings is 1. The lowest BCUT2D eigenvalue weighted by atomic mass is 9.80. The molecule has 2 N–H and O–H groups in total. The molecule has 1 saturated carbocycles. The van der Waals surface area contributed by atoms with E-state index in [0.29, 0.717) is 18.7 Å². The lowest BCUT2D eigenvalue weighted by molar-refractivity contribution is -0.270. The zero-order valence-corrected chi connectivity index (χ0v) is 28.3. The van der Waals surface area contributed by atoms with Crippen LogP contribution in [0.5, 0.6) is 5.88 Å². The molecular formula is C31H45F4N5O5Si. The van der Waals surface area contributed by atoms with Crippen molar-refractivity contribution in [1.29, 1.82) is 0 Å². The molecule has 2 aliphatic rings. The lowest BCUT2D eigenvalue weighted by Gasteiger charge is -2.42. The molecule has 0 spiro atoms. The monoisotopic (exact) mass is 671 g/mol. The highest BCUT2D eigenvalue weighted by Crippen LogP contribution is 2.41. The quantitative estimate of drug-likeness (QED) is 0.201. The van der Waals surface area contributed by atoms with Crippen LogP contribution in [-0.2, 0) is 16.3 Å². The number of likely N-dealkylation sites (tertiary alicyclic amines) is 1. The molecule has 2 amide bonds. The zero-order chi connectivity index (χ0) is 34.0. The van der Waals surface area contributed by atoms with Gasteiger partial charge in [-0.2, -0.15) is 18.3 Å². The Morgan fingerprint density at radius 3 is 2.46 bits per heavy atom. The number of nitrogens with one attached hydrogen (secondary N) is 1. The summed E-state index contributed by atoms with van der Waals surface area (Å²) in [6, 6.07) is 3.06. The van der Waals surface area contributed by atoms with Crippen LogP contribution in [0.25, 0.3) is 11.3 Å². The Bertz CT molecular complexity index is 1390. The Balaban J connectivity index is 1.46. The molecule has 2 fully saturated rings. The first-order chi connectivity index (χ1) is 21.4. The average Bonchev–Trinajstić information content (AvgIpc) is 3.40. The van der Waals surface area contributed by atoms with Crippen molar-refractivity contribution in [2.45, 2.75) is 102 Å². The Morgan fingerprint density at radius 1 is 1.17 bits per heavy atom. The molecule has 0 radical (unpaired) electrons. The minimum Gasteiger partial charge on any atom is -0.481 e. The molecule has 1 saturated heterocycles. The van der Waals surface area contributed by atoms with Gasteiger partial charge in [0.2, 0.25) is 11.8 Å². The molecule has 0 bridgehead atoms. The third kappa shape index (κ3) is 8.26. The molecule has 1 aliphatic carbocycles. The van der Waals surface area contributed by atoms with Gasteiger partial charge < -0.3 is 24.8 Å². The van der Waals surface area contributed by atoms with E-state index >= 15 is 0 Å². The highest BCUT2D eigenvalue weighted by Gasteiger charge is 2.54. The number of piperidine rings is 1. The number of nitrogens with zero attached hydrogens (tertiary/aromatic N) is 4. The molecule has 46 heavy (non-hydrogen) atoms. The number of halogens is 4. The minimum absolute atomic E-state index is 0.00686. The topological polar surface area (TPSA) is 119 Å². The summed E-state index contributed by atoms with van der Waals surface area (Å²) < 4.78 is 67.1. The van der Waals surface area contributed by atoms with E-state index in [9.17, 15) is 32.3 Å². The predicted octanol–water partition coefficient (Wildman–Crippen LogP) is 5.24. The van der Waals surface area contributed by atoms with Gasteiger partial charge in [-0.1, -0.05) is 26.6 Å². The minimum atomic E-state index is -4.71. The van der Waals surface area contributed by atoms with Gasteiger partial charge in [0, 0.05) is 50.9 Å². The van der Waals surface area contributed by atoms with Crippen LogP contribution in [0.4, 0.5) is 17.6 Å². The molecule has 15 heteroatoms. The van der Waals surface area contributed by atoms with Crippen LogP contribution in [0, 0.1) is 17.7 Å². The first kappa shape index (κ1) is 35.8. The van der Waals surface area contributed by atoms with Gasteiger partial charge in [0.1, 0.15) is 6.73 Å². The standard InChI is InChI=1S/C31H45F4N5O5Si/c1-19-17-39(20(2)13-22(19)28(41)37-21-7-9-30(43,10-8-21)31(33,34)35)29(42)25-15-26(23-14-27(44-3)36-16-24(23)32)40(38-25)18-45-11-12-46(4,5)6/h14-16,19-22,43H,7-13,17-18H2,1-6H3,(H,37,41). The molecule has 4 rings (SSSR count). The molecule has 2 aromatic rings. The number of hydrogen-bond acceptors (Lipinski definition) is 7. The van der Waals surface area contributed by atoms with Gasteiger partial charge in [-0.05, 0) is 57.1 Å². The predicted molar refractivity (Wildman–Crippen MR) is 165 cm³/mol. The van der Waals surface area contributed by atoms with Crippen molar-refractivity contribution in [3.8, 4) is 17.1 Å². The summed E-state index contributed by atoms with van der Waals surface area (Å²) in [4.78, 5) is 32.6. The Morgan fingerprint density at radius 2 is 1.85 bits per heavy atom. The van der Waals surface area contributed by atoms with E-state index in [-0.39, 0.29) is 67.0 Å². The van der Waals surface area contributed by atoms with Gasteiger partial charge in [-0.15, -0.1) is 0 Å². The highest BCUT2D eigenvalue weighted by atomic mass is 28.3. The number of alkyl halides is 3. The van der Waals surface area contributed by atoms with Crippen molar-refractivity contribution in [1.82, 2.24) is 25.0 Å². The van der Waals surface area contributed by atoms with Crippen LogP contribution >= 0.6 is 0 Å². The van der Waals surface area contributed by atoms with Crippen molar-refractivity contribution in [2.24, 2.45) is 11.8 Å². The molecule has 1 aliphatic heterocycles. The van der Waals surface area contributed by atoms with Gasteiger partial charge in [0.05, 0.1) is 19.0 Å². The van der Waals surface area contributed by atoms with Crippen LogP contribution in [0.15, 0.2) is 18.3 Å². The van der Waals surface area contributed by atoms with Crippen LogP contribution < -0.4 is 10.1 Å². The Kier molecular flexibility index (Phi) is 10.9. The molecule has 3 heterocycles. The summed E-state index contributed by atoms with van der Waals surface area (Å²) >= 11 is 0. The van der Waals surface area contributed by atoms with E-state index in [1.807, 2.05) is 13.8 Å². The molecular weight excluding hydrogens is 626 g/mol. The van der Waals surface area contributed by atoms with Crippen LogP contribution in [-0.4, -0.2) is 88.8 Å². The fraction of sp³-hybridized carbons (Fsp3) is 0.677. The molecule has 0 aromatic carbocycles. The fourth-order valence-corrected chi connectivity index (χ4v) is 6.82. The summed E-state index contributed by atoms with van der Waals surface area (Å²) in [5.41, 5.74) is -2.14. The van der Waals surface area contributed by atoms with Crippen molar-refractivity contribution >= 4 is 19.9 Å². The van der Waals surface area contributed by atoms with E-state index in [4.69, 9.17) is 9.47 Å². The van der Waals surface area contributed by atoms with Crippen molar-refractivity contribution in [3.05, 3.63) is 29.8 Å². The fourth-order valence-electron chi connectivity index (χ4n) is 6.06. The Hall–Kier alpha value is -3.04. The number of hydrogen-bond donors (Lipinski definition) is 2. The van der Waals surface area contributed by atoms with E-state index in [2.05, 4.69) is 35.0 Å². The smallest absolute Gasteiger partial charge is 0.417 e. The summed E-state index contributed by atoms with van der Waals surface area (Å²) in [5, 5.41) is 17.3. The summed E-state index contributed by atoms with van der Waals surface area (Å²) in [6.45, 7) is 11.1. The number of aromatic nitrogens is 3. The molecule has 256 valence electrons. The third-order valence-corrected chi connectivity index (χ3v) is 10.8. The number of carbonyl (C=O) groups is 2. The van der Waals surface area contributed by atoms with Crippen LogP contribution in [0.3, 0.4) is 0 Å². The van der Waals surface area contributed by atoms with E-state index in [1.54, 1.807) is 4.90 Å². The lowest BCUT2D eigenvalue weighted by Crippen LogP contribution is -2.54. The zero-order valence-electron chi connectivity index (χ0n) is 27.3. The highest BCUT2D eigenvalue weighted by molar-refractivity contribution is 6.76. The third-order valence-electron chi connectivity index (χ3n) is 9.11. The van der Waals surface area contributed by atoms with E-state index in [0.717, 1.165) is 12.2 Å². The first-order valence-corrected chi connectivity index (χ1v) is 19.4. The summed E-state index contributed by atoms with van der Waals surface area (Å²) in [6.07, 6.45) is -4.19. The van der Waals surface area contributed by atoms with Gasteiger partial charge in [-0.3, -0.25) is 9.59 Å². The van der Waals surface area contributed by atoms with Gasteiger partial charge in [0.15, 0.2) is 17.1 Å². The first-order valence-electron chi connectivity index (χ1n) is 15.7. The van der Waals surface area contributed by atoms with Crippen molar-refractivity contribution in [3.63, 3.8) is 0 Å². The molecule has 3 unspecified atom stereocenters. The number of carbonyl (C=O) groups excluding carboxylic acids is 2. The van der Waals surface area contributed by atoms with Gasteiger partial charge in [0.25, 0.3) is 5.91 Å². The van der Waals surface area contributed by atoms with E-state index < -0.39 is 50.5 Å². The normalized spacial score (nSPS) is 25.8. The second-order valence-electron chi connectivity index (χ2n) is 13.9. The largest absolute Gasteiger partial charge is 0.481 e. The average molecular weight is 672 g/mol. The number of ether oxygens (including phenoxy) is 2. The maximum Gasteiger partial charge on any atom is 0.417 e. The maximum atomic E-state index is 15.0. The van der Waals surface area contributed by atoms with Gasteiger partial charge >= 0.3 is 6.18 Å². The van der Waals surface area contributed by atoms with Crippen molar-refractivity contribution in [2.75, 3.05) is 20.3 Å². The summed E-state index contributed by atoms with van der Waals surface area (Å²) in [5.74, 6) is -1.75. The van der Waals surface area contributed by atoms with Gasteiger partial charge in [-0.25, -0.2) is 14.1 Å². The molecule has 2 aromatic heterocycles. The second-order valence-corrected chi connectivity index (χ2v) is 19.5. The molecule has 10 nitrogen and oxygen atoms in total. The Labute approximate surface area is 267 Å². The number of amides is 2.